The van der Waals surface area contributed by atoms with Gasteiger partial charge in [-0.2, -0.15) is 0 Å². The highest BCUT2D eigenvalue weighted by atomic mass is 16.5. The Morgan fingerprint density at radius 2 is 2.00 bits per heavy atom. The minimum absolute atomic E-state index is 0.0475. The Kier molecular flexibility index (Phi) is 5.72. The van der Waals surface area contributed by atoms with E-state index in [1.165, 1.54) is 25.7 Å². The number of aromatic nitrogens is 3. The molecule has 1 saturated heterocycles. The third kappa shape index (κ3) is 4.37. The van der Waals surface area contributed by atoms with Gasteiger partial charge in [0.15, 0.2) is 0 Å². The Hall–Kier alpha value is -2.05. The molecule has 0 radical (unpaired) electrons. The van der Waals surface area contributed by atoms with Gasteiger partial charge in [-0.3, -0.25) is 4.98 Å². The number of anilines is 1. The van der Waals surface area contributed by atoms with Gasteiger partial charge in [-0.25, -0.2) is 9.97 Å². The molecule has 1 aliphatic carbocycles. The summed E-state index contributed by atoms with van der Waals surface area (Å²) < 4.78 is 11.8. The second kappa shape index (κ2) is 8.56. The SMILES string of the molecule is c1ccc(CO[C@@H]2CCOC[C@H]2Nc2nccc(C3CCCC3)n2)nc1. The largest absolute Gasteiger partial charge is 0.379 e. The summed E-state index contributed by atoms with van der Waals surface area (Å²) in [6, 6.07) is 7.97. The van der Waals surface area contributed by atoms with Gasteiger partial charge in [0.1, 0.15) is 0 Å². The Morgan fingerprint density at radius 3 is 2.85 bits per heavy atom. The van der Waals surface area contributed by atoms with E-state index in [0.29, 0.717) is 31.7 Å². The molecule has 26 heavy (non-hydrogen) atoms. The predicted molar refractivity (Wildman–Crippen MR) is 98.9 cm³/mol. The molecule has 0 bridgehead atoms. The molecule has 2 fully saturated rings. The van der Waals surface area contributed by atoms with Gasteiger partial charge >= 0.3 is 0 Å². The van der Waals surface area contributed by atoms with Crippen LogP contribution in [0.4, 0.5) is 5.95 Å². The second-order valence-corrected chi connectivity index (χ2v) is 7.07. The number of hydrogen-bond donors (Lipinski definition) is 1. The van der Waals surface area contributed by atoms with Crippen molar-refractivity contribution in [1.29, 1.82) is 0 Å². The summed E-state index contributed by atoms with van der Waals surface area (Å²) in [7, 11) is 0. The first kappa shape index (κ1) is 17.4. The Labute approximate surface area is 154 Å². The maximum Gasteiger partial charge on any atom is 0.223 e. The van der Waals surface area contributed by atoms with Gasteiger partial charge in [-0.05, 0) is 37.5 Å². The molecule has 0 spiro atoms. The molecular weight excluding hydrogens is 328 g/mol. The van der Waals surface area contributed by atoms with Crippen LogP contribution in [-0.4, -0.2) is 40.3 Å². The fourth-order valence-electron chi connectivity index (χ4n) is 3.79. The molecule has 2 aromatic heterocycles. The fraction of sp³-hybridized carbons (Fsp3) is 0.550. The molecule has 1 saturated carbocycles. The lowest BCUT2D eigenvalue weighted by Crippen LogP contribution is -2.44. The molecule has 1 aliphatic heterocycles. The number of pyridine rings is 1. The lowest BCUT2D eigenvalue weighted by molar-refractivity contribution is -0.0488. The number of ether oxygens (including phenoxy) is 2. The summed E-state index contributed by atoms with van der Waals surface area (Å²) in [6.07, 6.45) is 9.64. The van der Waals surface area contributed by atoms with Crippen molar-refractivity contribution in [2.24, 2.45) is 0 Å². The van der Waals surface area contributed by atoms with Crippen LogP contribution in [0.3, 0.4) is 0 Å². The van der Waals surface area contributed by atoms with Crippen molar-refractivity contribution in [1.82, 2.24) is 15.0 Å². The normalized spacial score (nSPS) is 23.8. The number of nitrogens with one attached hydrogen (secondary N) is 1. The summed E-state index contributed by atoms with van der Waals surface area (Å²) in [5, 5.41) is 3.44. The molecule has 6 nitrogen and oxygen atoms in total. The fourth-order valence-corrected chi connectivity index (χ4v) is 3.79. The highest BCUT2D eigenvalue weighted by Crippen LogP contribution is 2.33. The molecule has 3 heterocycles. The third-order valence-electron chi connectivity index (χ3n) is 5.23. The maximum absolute atomic E-state index is 6.12. The second-order valence-electron chi connectivity index (χ2n) is 7.07. The Morgan fingerprint density at radius 1 is 1.08 bits per heavy atom. The van der Waals surface area contributed by atoms with Gasteiger partial charge in [0, 0.05) is 30.6 Å². The zero-order chi connectivity index (χ0) is 17.6. The summed E-state index contributed by atoms with van der Waals surface area (Å²) in [4.78, 5) is 13.5. The molecular formula is C20H26N4O2. The van der Waals surface area contributed by atoms with E-state index < -0.39 is 0 Å². The van der Waals surface area contributed by atoms with Crippen LogP contribution in [0.1, 0.15) is 49.4 Å². The molecule has 138 valence electrons. The Balaban J connectivity index is 1.39. The van der Waals surface area contributed by atoms with Gasteiger partial charge in [0.05, 0.1) is 31.1 Å². The van der Waals surface area contributed by atoms with E-state index in [9.17, 15) is 0 Å². The Bertz CT molecular complexity index is 691. The smallest absolute Gasteiger partial charge is 0.223 e. The van der Waals surface area contributed by atoms with Crippen LogP contribution in [-0.2, 0) is 16.1 Å². The van der Waals surface area contributed by atoms with Crippen molar-refractivity contribution in [3.05, 3.63) is 48.0 Å². The van der Waals surface area contributed by atoms with E-state index in [2.05, 4.69) is 15.3 Å². The zero-order valence-electron chi connectivity index (χ0n) is 15.0. The van der Waals surface area contributed by atoms with Crippen LogP contribution in [0, 0.1) is 0 Å². The van der Waals surface area contributed by atoms with E-state index >= 15 is 0 Å². The summed E-state index contributed by atoms with van der Waals surface area (Å²) in [5.41, 5.74) is 2.10. The monoisotopic (exact) mass is 354 g/mol. The minimum atomic E-state index is 0.0475. The van der Waals surface area contributed by atoms with Crippen LogP contribution < -0.4 is 5.32 Å². The number of nitrogens with zero attached hydrogens (tertiary/aromatic N) is 3. The quantitative estimate of drug-likeness (QED) is 0.858. The van der Waals surface area contributed by atoms with Gasteiger partial charge in [-0.15, -0.1) is 0 Å². The number of hydrogen-bond acceptors (Lipinski definition) is 6. The molecule has 4 rings (SSSR count). The lowest BCUT2D eigenvalue weighted by atomic mass is 10.0. The van der Waals surface area contributed by atoms with Gasteiger partial charge in [-0.1, -0.05) is 18.9 Å². The summed E-state index contributed by atoms with van der Waals surface area (Å²) in [5.74, 6) is 1.26. The molecule has 2 aliphatic rings. The van der Waals surface area contributed by atoms with Gasteiger partial charge < -0.3 is 14.8 Å². The average molecular weight is 354 g/mol. The number of rotatable bonds is 6. The minimum Gasteiger partial charge on any atom is -0.379 e. The van der Waals surface area contributed by atoms with Crippen LogP contribution >= 0.6 is 0 Å². The van der Waals surface area contributed by atoms with Crippen molar-refractivity contribution in [2.45, 2.75) is 56.8 Å². The molecule has 6 heteroatoms. The van der Waals surface area contributed by atoms with E-state index in [1.807, 2.05) is 30.5 Å². The summed E-state index contributed by atoms with van der Waals surface area (Å²) in [6.45, 7) is 1.82. The molecule has 2 aromatic rings. The van der Waals surface area contributed by atoms with E-state index in [0.717, 1.165) is 17.8 Å². The van der Waals surface area contributed by atoms with Crippen LogP contribution in [0.25, 0.3) is 0 Å². The molecule has 0 unspecified atom stereocenters. The highest BCUT2D eigenvalue weighted by Gasteiger charge is 2.28. The zero-order valence-corrected chi connectivity index (χ0v) is 15.0. The van der Waals surface area contributed by atoms with Crippen molar-refractivity contribution >= 4 is 5.95 Å². The van der Waals surface area contributed by atoms with Crippen LogP contribution in [0.15, 0.2) is 36.7 Å². The van der Waals surface area contributed by atoms with Crippen molar-refractivity contribution in [3.8, 4) is 0 Å². The van der Waals surface area contributed by atoms with Gasteiger partial charge in [0.25, 0.3) is 0 Å². The standard InChI is InChI=1S/C20H26N4O2/c1-2-6-15(5-1)17-8-11-22-20(23-17)24-18-14-25-12-9-19(18)26-13-16-7-3-4-10-21-16/h3-4,7-8,10-11,15,18-19H,1-2,5-6,9,12-14H2,(H,22,23,24)/t18-,19-/m1/s1. The lowest BCUT2D eigenvalue weighted by Gasteiger charge is -2.32. The van der Waals surface area contributed by atoms with Crippen LogP contribution in [0.5, 0.6) is 0 Å². The van der Waals surface area contributed by atoms with Crippen molar-refractivity contribution < 1.29 is 9.47 Å². The maximum atomic E-state index is 6.12. The van der Waals surface area contributed by atoms with E-state index in [1.54, 1.807) is 6.20 Å². The average Bonchev–Trinajstić information content (AvgIpc) is 3.23. The first-order valence-corrected chi connectivity index (χ1v) is 9.57. The van der Waals surface area contributed by atoms with Crippen LogP contribution in [0.2, 0.25) is 0 Å². The van der Waals surface area contributed by atoms with Gasteiger partial charge in [0.2, 0.25) is 5.95 Å². The first-order valence-electron chi connectivity index (χ1n) is 9.57. The van der Waals surface area contributed by atoms with Crippen molar-refractivity contribution in [2.75, 3.05) is 18.5 Å². The van der Waals surface area contributed by atoms with E-state index in [4.69, 9.17) is 14.5 Å². The predicted octanol–water partition coefficient (Wildman–Crippen LogP) is 3.32. The van der Waals surface area contributed by atoms with Crippen molar-refractivity contribution in [3.63, 3.8) is 0 Å². The molecule has 0 aromatic carbocycles. The summed E-state index contributed by atoms with van der Waals surface area (Å²) >= 11 is 0. The first-order chi connectivity index (χ1) is 12.9. The molecule has 2 atom stereocenters. The topological polar surface area (TPSA) is 69.2 Å². The third-order valence-corrected chi connectivity index (χ3v) is 5.23. The molecule has 0 amide bonds. The molecule has 1 N–H and O–H groups in total. The van der Waals surface area contributed by atoms with E-state index in [-0.39, 0.29) is 12.1 Å². The highest BCUT2D eigenvalue weighted by molar-refractivity contribution is 5.29.